The van der Waals surface area contributed by atoms with Gasteiger partial charge in [-0.3, -0.25) is 14.5 Å². The highest BCUT2D eigenvalue weighted by Gasteiger charge is 2.31. The van der Waals surface area contributed by atoms with Gasteiger partial charge < -0.3 is 9.64 Å². The summed E-state index contributed by atoms with van der Waals surface area (Å²) in [5, 5.41) is 0. The lowest BCUT2D eigenvalue weighted by molar-refractivity contribution is -0.143. The Morgan fingerprint density at radius 3 is 2.33 bits per heavy atom. The van der Waals surface area contributed by atoms with Gasteiger partial charge in [-0.15, -0.1) is 0 Å². The molecule has 0 aromatic carbocycles. The number of methoxy groups -OCH3 is 1. The summed E-state index contributed by atoms with van der Waals surface area (Å²) in [5.74, 6) is -0.164. The lowest BCUT2D eigenvalue weighted by Crippen LogP contribution is -2.43. The maximum absolute atomic E-state index is 12.1. The summed E-state index contributed by atoms with van der Waals surface area (Å²) in [5.41, 5.74) is 0. The van der Waals surface area contributed by atoms with Crippen LogP contribution in [-0.2, 0) is 14.3 Å². The number of hydrogen-bond acceptors (Lipinski definition) is 4. The normalized spacial score (nSPS) is 14.7. The minimum atomic E-state index is -0.286. The monoisotopic (exact) mass is 256 g/mol. The number of carbonyl (C=O) groups excluding carboxylic acids is 2. The molecule has 1 aliphatic rings. The molecule has 1 fully saturated rings. The quantitative estimate of drug-likeness (QED) is 0.605. The second-order valence-corrected chi connectivity index (χ2v) is 4.70. The molecule has 1 rings (SSSR count). The van der Waals surface area contributed by atoms with Crippen molar-refractivity contribution in [1.29, 1.82) is 0 Å². The first-order valence-corrected chi connectivity index (χ1v) is 6.71. The molecule has 0 unspecified atom stereocenters. The van der Waals surface area contributed by atoms with Gasteiger partial charge in [-0.2, -0.15) is 0 Å². The molecule has 0 spiro atoms. The predicted octanol–water partition coefficient (Wildman–Crippen LogP) is 0.882. The van der Waals surface area contributed by atoms with Crippen LogP contribution in [0.1, 0.15) is 33.1 Å². The summed E-state index contributed by atoms with van der Waals surface area (Å²) < 4.78 is 4.65. The van der Waals surface area contributed by atoms with Crippen LogP contribution in [0, 0.1) is 0 Å². The van der Waals surface area contributed by atoms with Crippen molar-refractivity contribution in [3.63, 3.8) is 0 Å². The molecule has 0 aromatic heterocycles. The number of likely N-dealkylation sites (N-methyl/N-ethyl adjacent to an activating group) is 1. The van der Waals surface area contributed by atoms with E-state index in [4.69, 9.17) is 0 Å². The summed E-state index contributed by atoms with van der Waals surface area (Å²) in [6, 6.07) is 0.434. The number of esters is 1. The van der Waals surface area contributed by atoms with Crippen LogP contribution in [0.25, 0.3) is 0 Å². The average Bonchev–Trinajstić information content (AvgIpc) is 3.14. The van der Waals surface area contributed by atoms with Gasteiger partial charge in [0.05, 0.1) is 20.2 Å². The first-order chi connectivity index (χ1) is 8.62. The van der Waals surface area contributed by atoms with Crippen LogP contribution < -0.4 is 0 Å². The molecule has 0 saturated heterocycles. The summed E-state index contributed by atoms with van der Waals surface area (Å²) in [6.45, 7) is 6.03. The molecule has 1 amide bonds. The molecule has 0 N–H and O–H groups in total. The summed E-state index contributed by atoms with van der Waals surface area (Å²) >= 11 is 0. The van der Waals surface area contributed by atoms with E-state index in [0.717, 1.165) is 32.4 Å². The first-order valence-electron chi connectivity index (χ1n) is 6.71. The highest BCUT2D eigenvalue weighted by atomic mass is 16.5. The van der Waals surface area contributed by atoms with Crippen LogP contribution in [0.15, 0.2) is 0 Å². The second kappa shape index (κ2) is 7.36. The Morgan fingerprint density at radius 2 is 1.89 bits per heavy atom. The van der Waals surface area contributed by atoms with Crippen molar-refractivity contribution in [1.82, 2.24) is 9.80 Å². The van der Waals surface area contributed by atoms with Crippen molar-refractivity contribution < 1.29 is 14.3 Å². The Bertz CT molecular complexity index is 290. The molecular formula is C13H24N2O3. The van der Waals surface area contributed by atoms with E-state index in [1.54, 1.807) is 0 Å². The molecule has 0 aromatic rings. The van der Waals surface area contributed by atoms with Gasteiger partial charge >= 0.3 is 5.97 Å². The maximum atomic E-state index is 12.1. The molecular weight excluding hydrogens is 232 g/mol. The molecule has 0 aliphatic heterocycles. The fourth-order valence-electron chi connectivity index (χ4n) is 2.08. The van der Waals surface area contributed by atoms with E-state index in [0.29, 0.717) is 12.6 Å². The van der Waals surface area contributed by atoms with E-state index in [1.165, 1.54) is 7.11 Å². The van der Waals surface area contributed by atoms with E-state index < -0.39 is 0 Å². The van der Waals surface area contributed by atoms with Gasteiger partial charge in [0.1, 0.15) is 0 Å². The molecule has 5 nitrogen and oxygen atoms in total. The first kappa shape index (κ1) is 15.0. The van der Waals surface area contributed by atoms with Crippen molar-refractivity contribution >= 4 is 11.9 Å². The number of nitrogens with zero attached hydrogens (tertiary/aromatic N) is 2. The third kappa shape index (κ3) is 4.64. The van der Waals surface area contributed by atoms with Crippen molar-refractivity contribution in [3.05, 3.63) is 0 Å². The number of carbonyl (C=O) groups is 2. The Morgan fingerprint density at radius 1 is 1.22 bits per heavy atom. The van der Waals surface area contributed by atoms with E-state index >= 15 is 0 Å². The molecule has 18 heavy (non-hydrogen) atoms. The highest BCUT2D eigenvalue weighted by Crippen LogP contribution is 2.26. The number of amides is 1. The predicted molar refractivity (Wildman–Crippen MR) is 69.2 cm³/mol. The summed E-state index contributed by atoms with van der Waals surface area (Å²) in [7, 11) is 1.37. The second-order valence-electron chi connectivity index (χ2n) is 4.70. The molecule has 104 valence electrons. The number of rotatable bonds is 8. The fraction of sp³-hybridized carbons (Fsp3) is 0.846. The van der Waals surface area contributed by atoms with Gasteiger partial charge in [0.15, 0.2) is 0 Å². The minimum absolute atomic E-state index is 0.123. The fourth-order valence-corrected chi connectivity index (χ4v) is 2.08. The Hall–Kier alpha value is -1.10. The number of hydrogen-bond donors (Lipinski definition) is 0. The highest BCUT2D eigenvalue weighted by molar-refractivity contribution is 5.80. The lowest BCUT2D eigenvalue weighted by Gasteiger charge is -2.25. The SMILES string of the molecule is CCCN(CC(=O)OC)CC(=O)N(CC)C1CC1. The van der Waals surface area contributed by atoms with Crippen LogP contribution in [0.3, 0.4) is 0 Å². The van der Waals surface area contributed by atoms with Gasteiger partial charge in [0, 0.05) is 12.6 Å². The van der Waals surface area contributed by atoms with Gasteiger partial charge in [-0.25, -0.2) is 0 Å². The van der Waals surface area contributed by atoms with Crippen LogP contribution >= 0.6 is 0 Å². The molecule has 0 heterocycles. The van der Waals surface area contributed by atoms with Crippen molar-refractivity contribution in [2.45, 2.75) is 39.2 Å². The number of ether oxygens (including phenoxy) is 1. The molecule has 5 heteroatoms. The van der Waals surface area contributed by atoms with Crippen molar-refractivity contribution in [2.24, 2.45) is 0 Å². The smallest absolute Gasteiger partial charge is 0.319 e. The zero-order valence-corrected chi connectivity index (χ0v) is 11.6. The maximum Gasteiger partial charge on any atom is 0.319 e. The zero-order chi connectivity index (χ0) is 13.5. The molecule has 0 bridgehead atoms. The van der Waals surface area contributed by atoms with Crippen LogP contribution in [-0.4, -0.2) is 61.0 Å². The summed E-state index contributed by atoms with van der Waals surface area (Å²) in [6.07, 6.45) is 3.15. The summed E-state index contributed by atoms with van der Waals surface area (Å²) in [4.78, 5) is 27.2. The molecule has 1 saturated carbocycles. The average molecular weight is 256 g/mol. The van der Waals surface area contributed by atoms with Crippen molar-refractivity contribution in [3.8, 4) is 0 Å². The van der Waals surface area contributed by atoms with Crippen molar-refractivity contribution in [2.75, 3.05) is 33.3 Å². The van der Waals surface area contributed by atoms with E-state index in [2.05, 4.69) is 4.74 Å². The topological polar surface area (TPSA) is 49.9 Å². The van der Waals surface area contributed by atoms with E-state index in [-0.39, 0.29) is 18.4 Å². The Labute approximate surface area is 109 Å². The van der Waals surface area contributed by atoms with Crippen LogP contribution in [0.2, 0.25) is 0 Å². The lowest BCUT2D eigenvalue weighted by atomic mass is 10.3. The van der Waals surface area contributed by atoms with Crippen LogP contribution in [0.4, 0.5) is 0 Å². The van der Waals surface area contributed by atoms with Gasteiger partial charge in [0.2, 0.25) is 5.91 Å². The van der Waals surface area contributed by atoms with Gasteiger partial charge in [-0.1, -0.05) is 6.92 Å². The van der Waals surface area contributed by atoms with Gasteiger partial charge in [0.25, 0.3) is 0 Å². The largest absolute Gasteiger partial charge is 0.468 e. The zero-order valence-electron chi connectivity index (χ0n) is 11.6. The standard InChI is InChI=1S/C13H24N2O3/c1-4-8-14(10-13(17)18-3)9-12(16)15(5-2)11-6-7-11/h11H,4-10H2,1-3H3. The van der Waals surface area contributed by atoms with E-state index in [1.807, 2.05) is 23.6 Å². The van der Waals surface area contributed by atoms with Gasteiger partial charge in [-0.05, 0) is 32.7 Å². The molecule has 0 atom stereocenters. The third-order valence-electron chi connectivity index (χ3n) is 3.13. The van der Waals surface area contributed by atoms with Crippen LogP contribution in [0.5, 0.6) is 0 Å². The Kier molecular flexibility index (Phi) is 6.12. The minimum Gasteiger partial charge on any atom is -0.468 e. The molecule has 0 radical (unpaired) electrons. The third-order valence-corrected chi connectivity index (χ3v) is 3.13. The van der Waals surface area contributed by atoms with E-state index in [9.17, 15) is 9.59 Å². The molecule has 1 aliphatic carbocycles. The Balaban J connectivity index is 2.47.